The van der Waals surface area contributed by atoms with E-state index in [4.69, 9.17) is 9.84 Å². The number of aryl methyl sites for hydroxylation is 1. The average molecular weight is 465 g/mol. The molecule has 1 N–H and O–H groups in total. The third-order valence-electron chi connectivity index (χ3n) is 4.21. The maximum atomic E-state index is 13.8. The molecule has 0 fully saturated rings. The molecule has 3 rings (SSSR count). The fourth-order valence-corrected chi connectivity index (χ4v) is 3.06. The van der Waals surface area contributed by atoms with Gasteiger partial charge in [0.05, 0.1) is 17.8 Å². The molecule has 9 heteroatoms. The Morgan fingerprint density at radius 1 is 1.24 bits per heavy atom. The predicted octanol–water partition coefficient (Wildman–Crippen LogP) is 3.92. The molecule has 0 aliphatic rings. The van der Waals surface area contributed by atoms with Crippen molar-refractivity contribution in [3.05, 3.63) is 91.6 Å². The second-order valence-electron chi connectivity index (χ2n) is 6.22. The second-order valence-corrected chi connectivity index (χ2v) is 7.02. The molecule has 0 spiro atoms. The maximum absolute atomic E-state index is 13.8. The number of hydrogen-bond acceptors (Lipinski definition) is 4. The molecule has 0 unspecified atom stereocenters. The molecule has 0 bridgehead atoms. The lowest BCUT2D eigenvalue weighted by Crippen LogP contribution is -2.24. The first kappa shape index (κ1) is 20.7. The number of aromatic carboxylic acids is 1. The first-order chi connectivity index (χ1) is 13.8. The third kappa shape index (κ3) is 4.68. The molecule has 0 radical (unpaired) electrons. The summed E-state index contributed by atoms with van der Waals surface area (Å²) in [6.45, 7) is 1.66. The maximum Gasteiger partial charge on any atom is 0.337 e. The van der Waals surface area contributed by atoms with E-state index in [2.05, 4.69) is 20.9 Å². The van der Waals surface area contributed by atoms with Crippen LogP contribution in [-0.2, 0) is 13.2 Å². The van der Waals surface area contributed by atoms with Gasteiger partial charge in [0, 0.05) is 29.6 Å². The number of carbonyl (C=O) groups is 1. The van der Waals surface area contributed by atoms with Crippen LogP contribution in [0.15, 0.2) is 51.9 Å². The van der Waals surface area contributed by atoms with Gasteiger partial charge in [-0.3, -0.25) is 9.78 Å². The van der Waals surface area contributed by atoms with E-state index in [-0.39, 0.29) is 40.1 Å². The molecule has 0 aliphatic carbocycles. The smallest absolute Gasteiger partial charge is 0.337 e. The molecule has 150 valence electrons. The number of ether oxygens (including phenoxy) is 1. The van der Waals surface area contributed by atoms with Crippen molar-refractivity contribution in [2.75, 3.05) is 0 Å². The zero-order valence-electron chi connectivity index (χ0n) is 15.2. The monoisotopic (exact) mass is 464 g/mol. The standard InChI is InChI=1S/C20H15BrF2N2O4/c1-11-6-17(29-10-13-2-4-14(22)7-16(13)23)18(21)19(26)25(11)9-15-5-3-12(8-24-15)20(27)28/h2-8H,9-10H2,1H3,(H,27,28). The summed E-state index contributed by atoms with van der Waals surface area (Å²) in [5.41, 5.74) is 0.897. The summed E-state index contributed by atoms with van der Waals surface area (Å²) < 4.78 is 33.9. The van der Waals surface area contributed by atoms with Crippen LogP contribution in [0.25, 0.3) is 0 Å². The van der Waals surface area contributed by atoms with Gasteiger partial charge >= 0.3 is 5.97 Å². The predicted molar refractivity (Wildman–Crippen MR) is 104 cm³/mol. The van der Waals surface area contributed by atoms with Gasteiger partial charge < -0.3 is 14.4 Å². The highest BCUT2D eigenvalue weighted by atomic mass is 79.9. The van der Waals surface area contributed by atoms with Crippen molar-refractivity contribution in [3.63, 3.8) is 0 Å². The second kappa shape index (κ2) is 8.52. The van der Waals surface area contributed by atoms with Crippen molar-refractivity contribution in [1.82, 2.24) is 9.55 Å². The molecule has 2 heterocycles. The Morgan fingerprint density at radius 3 is 2.62 bits per heavy atom. The number of carboxylic acid groups (broad SMARTS) is 1. The highest BCUT2D eigenvalue weighted by Crippen LogP contribution is 2.24. The van der Waals surface area contributed by atoms with E-state index in [1.54, 1.807) is 13.0 Å². The Bertz CT molecular complexity index is 1130. The van der Waals surface area contributed by atoms with Crippen molar-refractivity contribution in [1.29, 1.82) is 0 Å². The molecule has 2 aromatic heterocycles. The van der Waals surface area contributed by atoms with Gasteiger partial charge in [-0.15, -0.1) is 0 Å². The molecule has 1 aromatic carbocycles. The number of hydrogen-bond donors (Lipinski definition) is 1. The summed E-state index contributed by atoms with van der Waals surface area (Å²) in [4.78, 5) is 27.7. The number of benzene rings is 1. The first-order valence-electron chi connectivity index (χ1n) is 8.41. The summed E-state index contributed by atoms with van der Waals surface area (Å²) in [6.07, 6.45) is 1.22. The minimum atomic E-state index is -1.08. The summed E-state index contributed by atoms with van der Waals surface area (Å²) in [5, 5.41) is 8.93. The lowest BCUT2D eigenvalue weighted by atomic mass is 10.2. The molecule has 0 saturated carbocycles. The van der Waals surface area contributed by atoms with E-state index in [1.165, 1.54) is 29.0 Å². The minimum absolute atomic E-state index is 0.0516. The SMILES string of the molecule is Cc1cc(OCc2ccc(F)cc2F)c(Br)c(=O)n1Cc1ccc(C(=O)O)cn1. The third-order valence-corrected chi connectivity index (χ3v) is 4.94. The van der Waals surface area contributed by atoms with E-state index in [0.29, 0.717) is 11.4 Å². The Labute approximate surface area is 172 Å². The Morgan fingerprint density at radius 2 is 2.00 bits per heavy atom. The Kier molecular flexibility index (Phi) is 6.07. The van der Waals surface area contributed by atoms with Gasteiger partial charge in [-0.1, -0.05) is 0 Å². The van der Waals surface area contributed by atoms with Crippen LogP contribution in [-0.4, -0.2) is 20.6 Å². The van der Waals surface area contributed by atoms with Crippen LogP contribution in [0.4, 0.5) is 8.78 Å². The van der Waals surface area contributed by atoms with Crippen LogP contribution < -0.4 is 10.3 Å². The molecule has 0 amide bonds. The summed E-state index contributed by atoms with van der Waals surface area (Å²) >= 11 is 3.20. The van der Waals surface area contributed by atoms with Gasteiger partial charge in [-0.2, -0.15) is 0 Å². The number of halogens is 3. The van der Waals surface area contributed by atoms with Crippen LogP contribution >= 0.6 is 15.9 Å². The number of carboxylic acids is 1. The van der Waals surface area contributed by atoms with E-state index < -0.39 is 17.6 Å². The van der Waals surface area contributed by atoms with Gasteiger partial charge in [0.2, 0.25) is 0 Å². The molecule has 0 atom stereocenters. The lowest BCUT2D eigenvalue weighted by Gasteiger charge is -2.14. The number of pyridine rings is 2. The molecular formula is C20H15BrF2N2O4. The van der Waals surface area contributed by atoms with Crippen LogP contribution in [0.2, 0.25) is 0 Å². The summed E-state index contributed by atoms with van der Waals surface area (Å²) in [6, 6.07) is 7.72. The lowest BCUT2D eigenvalue weighted by molar-refractivity contribution is 0.0696. The molecule has 29 heavy (non-hydrogen) atoms. The number of aromatic nitrogens is 2. The fraction of sp³-hybridized carbons (Fsp3) is 0.150. The molecular weight excluding hydrogens is 450 g/mol. The van der Waals surface area contributed by atoms with Crippen molar-refractivity contribution in [2.45, 2.75) is 20.1 Å². The molecule has 6 nitrogen and oxygen atoms in total. The van der Waals surface area contributed by atoms with Gasteiger partial charge in [0.15, 0.2) is 0 Å². The fourth-order valence-electron chi connectivity index (χ4n) is 2.62. The van der Waals surface area contributed by atoms with E-state index in [1.807, 2.05) is 0 Å². The molecule has 0 aliphatic heterocycles. The zero-order valence-corrected chi connectivity index (χ0v) is 16.7. The first-order valence-corrected chi connectivity index (χ1v) is 9.20. The quantitative estimate of drug-likeness (QED) is 0.597. The normalized spacial score (nSPS) is 10.8. The topological polar surface area (TPSA) is 81.4 Å². The van der Waals surface area contributed by atoms with E-state index >= 15 is 0 Å². The highest BCUT2D eigenvalue weighted by Gasteiger charge is 2.14. The van der Waals surface area contributed by atoms with Gasteiger partial charge in [0.25, 0.3) is 5.56 Å². The van der Waals surface area contributed by atoms with Gasteiger partial charge in [0.1, 0.15) is 28.5 Å². The summed E-state index contributed by atoms with van der Waals surface area (Å²) in [5.74, 6) is -2.28. The molecule has 3 aromatic rings. The Hall–Kier alpha value is -3.07. The average Bonchev–Trinajstić information content (AvgIpc) is 2.68. The van der Waals surface area contributed by atoms with Crippen LogP contribution in [0.5, 0.6) is 5.75 Å². The van der Waals surface area contributed by atoms with Gasteiger partial charge in [-0.25, -0.2) is 13.6 Å². The van der Waals surface area contributed by atoms with E-state index in [0.717, 1.165) is 12.1 Å². The summed E-state index contributed by atoms with van der Waals surface area (Å²) in [7, 11) is 0. The number of rotatable bonds is 6. The van der Waals surface area contributed by atoms with Crippen LogP contribution in [0, 0.1) is 18.6 Å². The largest absolute Gasteiger partial charge is 0.487 e. The van der Waals surface area contributed by atoms with Crippen molar-refractivity contribution in [3.8, 4) is 5.75 Å². The van der Waals surface area contributed by atoms with Crippen molar-refractivity contribution in [2.24, 2.45) is 0 Å². The van der Waals surface area contributed by atoms with Crippen molar-refractivity contribution >= 4 is 21.9 Å². The zero-order chi connectivity index (χ0) is 21.1. The Balaban J connectivity index is 1.82. The number of nitrogens with zero attached hydrogens (tertiary/aromatic N) is 2. The minimum Gasteiger partial charge on any atom is -0.487 e. The van der Waals surface area contributed by atoms with Crippen LogP contribution in [0.3, 0.4) is 0 Å². The molecule has 0 saturated heterocycles. The van der Waals surface area contributed by atoms with Gasteiger partial charge in [-0.05, 0) is 47.1 Å². The highest BCUT2D eigenvalue weighted by molar-refractivity contribution is 9.10. The van der Waals surface area contributed by atoms with Crippen molar-refractivity contribution < 1.29 is 23.4 Å². The van der Waals surface area contributed by atoms with Crippen LogP contribution in [0.1, 0.15) is 27.3 Å². The van der Waals surface area contributed by atoms with E-state index in [9.17, 15) is 18.4 Å².